The number of nitrogens with zero attached hydrogens (tertiary/aromatic N) is 4. The summed E-state index contributed by atoms with van der Waals surface area (Å²) in [5, 5.41) is 9.51. The van der Waals surface area contributed by atoms with Gasteiger partial charge in [-0.05, 0) is 38.3 Å². The van der Waals surface area contributed by atoms with Crippen LogP contribution in [0.4, 0.5) is 29.0 Å². The third-order valence-corrected chi connectivity index (χ3v) is 7.04. The first-order valence-electron chi connectivity index (χ1n) is 15.8. The van der Waals surface area contributed by atoms with Crippen LogP contribution in [-0.4, -0.2) is 99.5 Å². The Kier molecular flexibility index (Phi) is 14.9. The lowest BCUT2D eigenvalue weighted by molar-refractivity contribution is -0.121. The van der Waals surface area contributed by atoms with E-state index in [1.807, 2.05) is 50.2 Å². The van der Waals surface area contributed by atoms with Crippen LogP contribution < -0.4 is 20.9 Å². The molecule has 0 bridgehead atoms. The summed E-state index contributed by atoms with van der Waals surface area (Å²) in [4.78, 5) is 28.4. The van der Waals surface area contributed by atoms with Gasteiger partial charge >= 0.3 is 0 Å². The van der Waals surface area contributed by atoms with Crippen molar-refractivity contribution in [3.8, 4) is 0 Å². The highest BCUT2D eigenvalue weighted by molar-refractivity contribution is 5.95. The Bertz CT molecular complexity index is 1310. The maximum Gasteiger partial charge on any atom is 0.250 e. The molecule has 1 aromatic carbocycles. The molecule has 250 valence electrons. The number of hydrogen-bond donors (Lipinski definition) is 3. The Morgan fingerprint density at radius 2 is 1.59 bits per heavy atom. The van der Waals surface area contributed by atoms with E-state index in [0.717, 1.165) is 37.2 Å². The van der Waals surface area contributed by atoms with E-state index in [-0.39, 0.29) is 31.3 Å². The molecule has 0 atom stereocenters. The molecule has 1 saturated heterocycles. The number of pyridine rings is 1. The maximum absolute atomic E-state index is 12.6. The molecule has 1 amide bonds. The van der Waals surface area contributed by atoms with Crippen LogP contribution in [0.2, 0.25) is 0 Å². The van der Waals surface area contributed by atoms with Gasteiger partial charge in [0.15, 0.2) is 0 Å². The number of carbonyl (C=O) groups is 1. The summed E-state index contributed by atoms with van der Waals surface area (Å²) in [5.41, 5.74) is 2.42. The van der Waals surface area contributed by atoms with Crippen LogP contribution in [0, 0.1) is 0 Å². The third kappa shape index (κ3) is 12.5. The molecule has 1 aliphatic heterocycles. The number of carbonyl (C=O) groups excluding carboxylic acids is 1. The van der Waals surface area contributed by atoms with Crippen molar-refractivity contribution in [2.45, 2.75) is 45.4 Å². The van der Waals surface area contributed by atoms with Crippen molar-refractivity contribution < 1.29 is 28.5 Å². The minimum atomic E-state index is -0.286. The van der Waals surface area contributed by atoms with Crippen LogP contribution in [0.25, 0.3) is 0 Å². The molecule has 1 aliphatic rings. The van der Waals surface area contributed by atoms with Gasteiger partial charge in [0, 0.05) is 38.5 Å². The van der Waals surface area contributed by atoms with E-state index >= 15 is 0 Å². The number of anilines is 5. The van der Waals surface area contributed by atoms with E-state index in [1.165, 1.54) is 0 Å². The minimum Gasteiger partial charge on any atom is -0.381 e. The van der Waals surface area contributed by atoms with Gasteiger partial charge in [-0.2, -0.15) is 4.98 Å². The highest BCUT2D eigenvalue weighted by atomic mass is 16.6. The van der Waals surface area contributed by atoms with Gasteiger partial charge in [-0.15, -0.1) is 0 Å². The van der Waals surface area contributed by atoms with Crippen LogP contribution in [0.5, 0.6) is 0 Å². The second kappa shape index (κ2) is 19.6. The summed E-state index contributed by atoms with van der Waals surface area (Å²) in [5.74, 6) is 1.60. The molecule has 1 fully saturated rings. The quantitative estimate of drug-likeness (QED) is 0.153. The van der Waals surface area contributed by atoms with Crippen molar-refractivity contribution in [3.63, 3.8) is 0 Å². The molecule has 13 nitrogen and oxygen atoms in total. The predicted octanol–water partition coefficient (Wildman–Crippen LogP) is 4.26. The highest BCUT2D eigenvalue weighted by Crippen LogP contribution is 2.27. The zero-order valence-electron chi connectivity index (χ0n) is 27.1. The molecule has 4 rings (SSSR count). The van der Waals surface area contributed by atoms with Gasteiger partial charge in [0.05, 0.1) is 69.9 Å². The number of piperidine rings is 1. The van der Waals surface area contributed by atoms with E-state index in [2.05, 4.69) is 35.8 Å². The molecule has 0 radical (unpaired) electrons. The van der Waals surface area contributed by atoms with E-state index in [9.17, 15) is 4.79 Å². The summed E-state index contributed by atoms with van der Waals surface area (Å²) >= 11 is 0. The molecule has 3 N–H and O–H groups in total. The van der Waals surface area contributed by atoms with Crippen molar-refractivity contribution in [1.29, 1.82) is 0 Å². The summed E-state index contributed by atoms with van der Waals surface area (Å²) < 4.78 is 27.6. The first kappa shape index (κ1) is 35.0. The number of nitrogens with one attached hydrogen (secondary N) is 3. The second-order valence-corrected chi connectivity index (χ2v) is 11.1. The lowest BCUT2D eigenvalue weighted by Gasteiger charge is -2.31. The standard InChI is InChI=1S/C33H47N7O6/c1-25(2)36-28-21-31(38-30-9-12-34-33(39-30)40-13-10-27(42-3)11-14-40)35-22-29(28)37-32(41)24-46-20-18-44-16-15-43-17-19-45-23-26-7-5-4-6-8-26/h4-9,12,21-22,25,27H,10-11,13-20,23-24H2,1-3H3,(H,37,41)(H2,34,35,36,38,39). The van der Waals surface area contributed by atoms with Gasteiger partial charge in [-0.3, -0.25) is 4.79 Å². The molecule has 2 aromatic heterocycles. The number of methoxy groups -OCH3 is 1. The third-order valence-electron chi connectivity index (χ3n) is 7.04. The van der Waals surface area contributed by atoms with Crippen molar-refractivity contribution in [2.24, 2.45) is 0 Å². The Hall–Kier alpha value is -3.88. The minimum absolute atomic E-state index is 0.106. The van der Waals surface area contributed by atoms with E-state index in [0.29, 0.717) is 62.9 Å². The molecule has 46 heavy (non-hydrogen) atoms. The molecule has 0 spiro atoms. The largest absolute Gasteiger partial charge is 0.381 e. The van der Waals surface area contributed by atoms with E-state index in [4.69, 9.17) is 23.7 Å². The van der Waals surface area contributed by atoms with Gasteiger partial charge in [0.1, 0.15) is 18.2 Å². The summed E-state index contributed by atoms with van der Waals surface area (Å²) in [6.45, 7) is 8.77. The number of benzene rings is 1. The fraction of sp³-hybridized carbons (Fsp3) is 0.515. The van der Waals surface area contributed by atoms with Crippen LogP contribution in [0.15, 0.2) is 54.9 Å². The van der Waals surface area contributed by atoms with Gasteiger partial charge in [-0.1, -0.05) is 30.3 Å². The van der Waals surface area contributed by atoms with E-state index in [1.54, 1.807) is 25.6 Å². The molecular formula is C33H47N7O6. The Labute approximate surface area is 271 Å². The fourth-order valence-corrected chi connectivity index (χ4v) is 4.72. The number of ether oxygens (including phenoxy) is 5. The Morgan fingerprint density at radius 1 is 0.891 bits per heavy atom. The monoisotopic (exact) mass is 637 g/mol. The lowest BCUT2D eigenvalue weighted by atomic mass is 10.1. The maximum atomic E-state index is 12.6. The van der Waals surface area contributed by atoms with Crippen molar-refractivity contribution in [1.82, 2.24) is 15.0 Å². The molecular weight excluding hydrogens is 590 g/mol. The van der Waals surface area contributed by atoms with Gasteiger partial charge < -0.3 is 44.5 Å². The first-order chi connectivity index (χ1) is 22.5. The van der Waals surface area contributed by atoms with Crippen molar-refractivity contribution in [3.05, 3.63) is 60.4 Å². The second-order valence-electron chi connectivity index (χ2n) is 11.1. The van der Waals surface area contributed by atoms with Crippen LogP contribution in [-0.2, 0) is 35.1 Å². The van der Waals surface area contributed by atoms with E-state index < -0.39 is 0 Å². The Morgan fingerprint density at radius 3 is 2.28 bits per heavy atom. The topological polar surface area (TPSA) is 141 Å². The number of aromatic nitrogens is 3. The van der Waals surface area contributed by atoms with Gasteiger partial charge in [-0.25, -0.2) is 9.97 Å². The van der Waals surface area contributed by atoms with Crippen LogP contribution in [0.3, 0.4) is 0 Å². The average Bonchev–Trinajstić information content (AvgIpc) is 3.07. The fourth-order valence-electron chi connectivity index (χ4n) is 4.72. The Balaban J connectivity index is 1.13. The molecule has 0 saturated carbocycles. The zero-order chi connectivity index (χ0) is 32.4. The summed E-state index contributed by atoms with van der Waals surface area (Å²) in [7, 11) is 1.75. The molecule has 13 heteroatoms. The molecule has 0 aliphatic carbocycles. The lowest BCUT2D eigenvalue weighted by Crippen LogP contribution is -2.37. The van der Waals surface area contributed by atoms with Crippen molar-refractivity contribution >= 4 is 34.9 Å². The van der Waals surface area contributed by atoms with Crippen LogP contribution >= 0.6 is 0 Å². The highest BCUT2D eigenvalue weighted by Gasteiger charge is 2.21. The SMILES string of the molecule is COC1CCN(c2nccc(Nc3cc(NC(C)C)c(NC(=O)COCCOCCOCCOCc4ccccc4)cn3)n2)CC1. The molecule has 3 heterocycles. The number of rotatable bonds is 20. The predicted molar refractivity (Wildman–Crippen MR) is 178 cm³/mol. The average molecular weight is 638 g/mol. The van der Waals surface area contributed by atoms with Gasteiger partial charge in [0.25, 0.3) is 0 Å². The van der Waals surface area contributed by atoms with Crippen molar-refractivity contribution in [2.75, 3.05) is 87.3 Å². The smallest absolute Gasteiger partial charge is 0.250 e. The molecule has 3 aromatic rings. The van der Waals surface area contributed by atoms with Crippen LogP contribution in [0.1, 0.15) is 32.3 Å². The molecule has 0 unspecified atom stereocenters. The normalized spacial score (nSPS) is 13.6. The number of hydrogen-bond acceptors (Lipinski definition) is 12. The number of amides is 1. The van der Waals surface area contributed by atoms with Gasteiger partial charge in [0.2, 0.25) is 11.9 Å². The zero-order valence-corrected chi connectivity index (χ0v) is 27.1. The first-order valence-corrected chi connectivity index (χ1v) is 15.8. The summed E-state index contributed by atoms with van der Waals surface area (Å²) in [6, 6.07) is 13.8. The summed E-state index contributed by atoms with van der Waals surface area (Å²) in [6.07, 6.45) is 5.51.